The molecule has 32 heavy (non-hydrogen) atoms. The summed E-state index contributed by atoms with van der Waals surface area (Å²) in [5, 5.41) is 3.76. The molecular formula is C25H24N4OS2. The Morgan fingerprint density at radius 3 is 2.50 bits per heavy atom. The summed E-state index contributed by atoms with van der Waals surface area (Å²) in [6.07, 6.45) is 4.54. The fourth-order valence-corrected chi connectivity index (χ4v) is 6.00. The number of hydrogen-bond acceptors (Lipinski definition) is 5. The fourth-order valence-electron chi connectivity index (χ4n) is 4.06. The zero-order chi connectivity index (χ0) is 21.9. The second kappa shape index (κ2) is 9.30. The van der Waals surface area contributed by atoms with Gasteiger partial charge in [-0.15, -0.1) is 11.3 Å². The zero-order valence-electron chi connectivity index (χ0n) is 17.9. The number of para-hydroxylation sites is 2. The number of carbonyl (C=O) groups excluding carboxylic acids is 1. The van der Waals surface area contributed by atoms with E-state index in [9.17, 15) is 4.79 Å². The number of thiazole rings is 1. The van der Waals surface area contributed by atoms with Crippen molar-refractivity contribution in [3.63, 3.8) is 0 Å². The summed E-state index contributed by atoms with van der Waals surface area (Å²) in [4.78, 5) is 23.8. The van der Waals surface area contributed by atoms with Crippen molar-refractivity contribution in [3.8, 4) is 5.69 Å². The summed E-state index contributed by atoms with van der Waals surface area (Å²) in [5.41, 5.74) is 5.53. The summed E-state index contributed by atoms with van der Waals surface area (Å²) in [7, 11) is 0. The molecule has 7 heteroatoms. The van der Waals surface area contributed by atoms with Crippen LogP contribution in [0.15, 0.2) is 71.2 Å². The van der Waals surface area contributed by atoms with Gasteiger partial charge in [-0.3, -0.25) is 14.3 Å². The molecule has 0 unspecified atom stereocenters. The number of nitrogens with zero attached hydrogens (tertiary/aromatic N) is 4. The number of aryl methyl sites for hydroxylation is 1. The largest absolute Gasteiger partial charge is 0.292 e. The molecule has 4 aromatic rings. The first-order chi connectivity index (χ1) is 15.7. The first-order valence-corrected chi connectivity index (χ1v) is 12.7. The predicted octanol–water partition coefficient (Wildman–Crippen LogP) is 6.18. The second-order valence-corrected chi connectivity index (χ2v) is 9.54. The second-order valence-electron chi connectivity index (χ2n) is 7.77. The third-order valence-corrected chi connectivity index (χ3v) is 7.37. The van der Waals surface area contributed by atoms with Crippen LogP contribution in [-0.4, -0.2) is 20.4 Å². The summed E-state index contributed by atoms with van der Waals surface area (Å²) >= 11 is 3.21. The highest BCUT2D eigenvalue weighted by Crippen LogP contribution is 2.34. The zero-order valence-corrected chi connectivity index (χ0v) is 19.5. The standard InChI is InChI=1S/C25H24N4OS2/c1-18(30)28(20-10-4-2-5-11-20)24-26-19(16-31-24)17-32-25-27-22-14-8-9-15-23(22)29(25)21-12-6-3-7-13-21/h2-7,10-13,16H,8-9,14-15,17H2,1H3. The van der Waals surface area contributed by atoms with E-state index < -0.39 is 0 Å². The van der Waals surface area contributed by atoms with Gasteiger partial charge in [0.15, 0.2) is 10.3 Å². The molecule has 1 amide bonds. The molecule has 0 bridgehead atoms. The van der Waals surface area contributed by atoms with Crippen molar-refractivity contribution < 1.29 is 4.79 Å². The van der Waals surface area contributed by atoms with Gasteiger partial charge in [-0.05, 0) is 49.9 Å². The van der Waals surface area contributed by atoms with Gasteiger partial charge in [0.05, 0.1) is 17.1 Å². The number of thioether (sulfide) groups is 1. The Hall–Kier alpha value is -2.90. The van der Waals surface area contributed by atoms with Gasteiger partial charge in [0.2, 0.25) is 5.91 Å². The van der Waals surface area contributed by atoms with Crippen molar-refractivity contribution in [2.24, 2.45) is 0 Å². The SMILES string of the molecule is CC(=O)N(c1ccccc1)c1nc(CSc2nc3c(n2-c2ccccc2)CCCC3)cs1. The lowest BCUT2D eigenvalue weighted by atomic mass is 10.0. The lowest BCUT2D eigenvalue weighted by Gasteiger charge is -2.17. The molecule has 2 aromatic carbocycles. The number of amides is 1. The normalized spacial score (nSPS) is 13.0. The maximum absolute atomic E-state index is 12.3. The number of hydrogen-bond donors (Lipinski definition) is 0. The highest BCUT2D eigenvalue weighted by atomic mass is 32.2. The lowest BCUT2D eigenvalue weighted by Crippen LogP contribution is -2.22. The highest BCUT2D eigenvalue weighted by molar-refractivity contribution is 7.98. The van der Waals surface area contributed by atoms with Gasteiger partial charge in [0.1, 0.15) is 0 Å². The molecule has 0 spiro atoms. The Bertz CT molecular complexity index is 1220. The molecule has 0 saturated carbocycles. The van der Waals surface area contributed by atoms with Crippen LogP contribution in [-0.2, 0) is 23.4 Å². The van der Waals surface area contributed by atoms with Crippen molar-refractivity contribution in [1.29, 1.82) is 0 Å². The Balaban J connectivity index is 1.40. The van der Waals surface area contributed by atoms with Crippen molar-refractivity contribution >= 4 is 39.8 Å². The van der Waals surface area contributed by atoms with Gasteiger partial charge in [-0.2, -0.15) is 0 Å². The highest BCUT2D eigenvalue weighted by Gasteiger charge is 2.22. The molecule has 2 heterocycles. The van der Waals surface area contributed by atoms with Gasteiger partial charge < -0.3 is 0 Å². The number of anilines is 2. The van der Waals surface area contributed by atoms with E-state index in [1.165, 1.54) is 35.6 Å². The van der Waals surface area contributed by atoms with Gasteiger partial charge >= 0.3 is 0 Å². The van der Waals surface area contributed by atoms with Crippen LogP contribution in [0.5, 0.6) is 0 Å². The molecule has 2 aromatic heterocycles. The van der Waals surface area contributed by atoms with Crippen LogP contribution in [0.25, 0.3) is 5.69 Å². The molecule has 0 fully saturated rings. The number of benzene rings is 2. The number of imidazole rings is 1. The van der Waals surface area contributed by atoms with E-state index in [2.05, 4.69) is 28.8 Å². The van der Waals surface area contributed by atoms with Crippen LogP contribution in [0, 0.1) is 0 Å². The van der Waals surface area contributed by atoms with Crippen LogP contribution in [0.2, 0.25) is 0 Å². The van der Waals surface area contributed by atoms with Crippen molar-refractivity contribution in [3.05, 3.63) is 83.1 Å². The number of fused-ring (bicyclic) bond motifs is 1. The molecule has 0 N–H and O–H groups in total. The van der Waals surface area contributed by atoms with E-state index in [1.807, 2.05) is 41.8 Å². The monoisotopic (exact) mass is 460 g/mol. The molecule has 0 aliphatic heterocycles. The average Bonchev–Trinajstić information content (AvgIpc) is 3.43. The predicted molar refractivity (Wildman–Crippen MR) is 131 cm³/mol. The quantitative estimate of drug-likeness (QED) is 0.322. The Kier molecular flexibility index (Phi) is 6.10. The van der Waals surface area contributed by atoms with Crippen LogP contribution in [0.1, 0.15) is 36.8 Å². The van der Waals surface area contributed by atoms with E-state index in [0.717, 1.165) is 35.1 Å². The van der Waals surface area contributed by atoms with Gasteiger partial charge in [0, 0.05) is 29.4 Å². The molecule has 5 nitrogen and oxygen atoms in total. The first kappa shape index (κ1) is 21.0. The molecule has 162 valence electrons. The van der Waals surface area contributed by atoms with Gasteiger partial charge in [-0.25, -0.2) is 9.97 Å². The Labute approximate surface area is 196 Å². The van der Waals surface area contributed by atoms with Crippen LogP contribution < -0.4 is 4.90 Å². The van der Waals surface area contributed by atoms with E-state index in [0.29, 0.717) is 10.9 Å². The molecular weight excluding hydrogens is 436 g/mol. The molecule has 0 saturated heterocycles. The fraction of sp³-hybridized carbons (Fsp3) is 0.240. The minimum absolute atomic E-state index is 0.0444. The van der Waals surface area contributed by atoms with E-state index in [4.69, 9.17) is 9.97 Å². The average molecular weight is 461 g/mol. The number of rotatable bonds is 6. The third-order valence-electron chi connectivity index (χ3n) is 5.53. The molecule has 0 radical (unpaired) electrons. The lowest BCUT2D eigenvalue weighted by molar-refractivity contribution is -0.115. The van der Waals surface area contributed by atoms with Crippen LogP contribution in [0.4, 0.5) is 10.8 Å². The summed E-state index contributed by atoms with van der Waals surface area (Å²) in [6.45, 7) is 1.57. The minimum atomic E-state index is -0.0444. The number of carbonyl (C=O) groups is 1. The van der Waals surface area contributed by atoms with Gasteiger partial charge in [0.25, 0.3) is 0 Å². The van der Waals surface area contributed by atoms with E-state index >= 15 is 0 Å². The summed E-state index contributed by atoms with van der Waals surface area (Å²) in [6, 6.07) is 20.2. The van der Waals surface area contributed by atoms with E-state index in [-0.39, 0.29) is 5.91 Å². The molecule has 5 rings (SSSR count). The molecule has 1 aliphatic carbocycles. The topological polar surface area (TPSA) is 51.0 Å². The number of aromatic nitrogens is 3. The minimum Gasteiger partial charge on any atom is -0.292 e. The third kappa shape index (κ3) is 4.23. The van der Waals surface area contributed by atoms with Crippen molar-refractivity contribution in [2.45, 2.75) is 43.5 Å². The van der Waals surface area contributed by atoms with Crippen molar-refractivity contribution in [1.82, 2.24) is 14.5 Å². The van der Waals surface area contributed by atoms with Crippen LogP contribution in [0.3, 0.4) is 0 Å². The van der Waals surface area contributed by atoms with Gasteiger partial charge in [-0.1, -0.05) is 48.2 Å². The summed E-state index contributed by atoms with van der Waals surface area (Å²) < 4.78 is 2.32. The first-order valence-electron chi connectivity index (χ1n) is 10.8. The Morgan fingerprint density at radius 1 is 1.03 bits per heavy atom. The van der Waals surface area contributed by atoms with Crippen molar-refractivity contribution in [2.75, 3.05) is 4.90 Å². The maximum Gasteiger partial charge on any atom is 0.230 e. The van der Waals surface area contributed by atoms with Crippen LogP contribution >= 0.6 is 23.1 Å². The van der Waals surface area contributed by atoms with E-state index in [1.54, 1.807) is 23.6 Å². The maximum atomic E-state index is 12.3. The summed E-state index contributed by atoms with van der Waals surface area (Å²) in [5.74, 6) is 0.664. The molecule has 1 aliphatic rings. The molecule has 0 atom stereocenters. The smallest absolute Gasteiger partial charge is 0.230 e. The Morgan fingerprint density at radius 2 is 1.75 bits per heavy atom.